The first-order chi connectivity index (χ1) is 8.70. The van der Waals surface area contributed by atoms with Gasteiger partial charge in [-0.3, -0.25) is 0 Å². The van der Waals surface area contributed by atoms with E-state index in [1.165, 1.54) is 31.4 Å². The molecule has 2 unspecified atom stereocenters. The molecule has 1 aromatic carbocycles. The molecule has 1 saturated carbocycles. The second kappa shape index (κ2) is 6.19. The topological polar surface area (TPSA) is 15.3 Å². The standard InChI is InChI=1S/C15H23FN2/c1-3-17-15-6-4-5-12(15)11-18(2)14-9-7-13(16)8-10-14/h7-10,12,15,17H,3-6,11H2,1-2H3. The SMILES string of the molecule is CCNC1CCCC1CN(C)c1ccc(F)cc1. The summed E-state index contributed by atoms with van der Waals surface area (Å²) < 4.78 is 12.9. The lowest BCUT2D eigenvalue weighted by Crippen LogP contribution is -2.38. The van der Waals surface area contributed by atoms with Gasteiger partial charge in [-0.15, -0.1) is 0 Å². The summed E-state index contributed by atoms with van der Waals surface area (Å²) in [6.45, 7) is 4.25. The lowest BCUT2D eigenvalue weighted by Gasteiger charge is -2.27. The number of nitrogens with one attached hydrogen (secondary N) is 1. The second-order valence-corrected chi connectivity index (χ2v) is 5.21. The summed E-state index contributed by atoms with van der Waals surface area (Å²) in [5.74, 6) is 0.540. The molecular formula is C15H23FN2. The predicted molar refractivity (Wildman–Crippen MR) is 74.5 cm³/mol. The summed E-state index contributed by atoms with van der Waals surface area (Å²) in [6.07, 6.45) is 3.90. The first-order valence-electron chi connectivity index (χ1n) is 6.90. The highest BCUT2D eigenvalue weighted by atomic mass is 19.1. The molecule has 0 heterocycles. The van der Waals surface area contributed by atoms with Crippen LogP contribution in [0.2, 0.25) is 0 Å². The van der Waals surface area contributed by atoms with E-state index in [-0.39, 0.29) is 5.82 Å². The maximum Gasteiger partial charge on any atom is 0.123 e. The Morgan fingerprint density at radius 1 is 1.28 bits per heavy atom. The normalized spacial score (nSPS) is 23.3. The maximum atomic E-state index is 12.9. The van der Waals surface area contributed by atoms with Crippen LogP contribution in [0, 0.1) is 11.7 Å². The van der Waals surface area contributed by atoms with E-state index in [0.717, 1.165) is 18.8 Å². The molecule has 0 amide bonds. The first kappa shape index (κ1) is 13.3. The fourth-order valence-electron chi connectivity index (χ4n) is 2.94. The minimum Gasteiger partial charge on any atom is -0.374 e. The molecule has 1 N–H and O–H groups in total. The molecule has 2 atom stereocenters. The van der Waals surface area contributed by atoms with Crippen molar-refractivity contribution in [3.8, 4) is 0 Å². The van der Waals surface area contributed by atoms with Crippen LogP contribution in [0.5, 0.6) is 0 Å². The Labute approximate surface area is 109 Å². The van der Waals surface area contributed by atoms with E-state index >= 15 is 0 Å². The van der Waals surface area contributed by atoms with Crippen molar-refractivity contribution in [1.29, 1.82) is 0 Å². The Hall–Kier alpha value is -1.09. The zero-order chi connectivity index (χ0) is 13.0. The van der Waals surface area contributed by atoms with Crippen LogP contribution in [0.25, 0.3) is 0 Å². The summed E-state index contributed by atoms with van der Waals surface area (Å²) in [6, 6.07) is 7.42. The van der Waals surface area contributed by atoms with E-state index in [2.05, 4.69) is 24.2 Å². The third-order valence-corrected chi connectivity index (χ3v) is 3.90. The Bertz CT molecular complexity index is 363. The average Bonchev–Trinajstić information content (AvgIpc) is 2.78. The van der Waals surface area contributed by atoms with Gasteiger partial charge < -0.3 is 10.2 Å². The molecular weight excluding hydrogens is 227 g/mol. The van der Waals surface area contributed by atoms with Gasteiger partial charge in [0.2, 0.25) is 0 Å². The minimum atomic E-state index is -0.168. The molecule has 1 aliphatic rings. The Morgan fingerprint density at radius 2 is 2.00 bits per heavy atom. The van der Waals surface area contributed by atoms with Crippen LogP contribution in [0.15, 0.2) is 24.3 Å². The second-order valence-electron chi connectivity index (χ2n) is 5.21. The first-order valence-corrected chi connectivity index (χ1v) is 6.90. The van der Waals surface area contributed by atoms with Gasteiger partial charge in [0, 0.05) is 25.3 Å². The average molecular weight is 250 g/mol. The monoisotopic (exact) mass is 250 g/mol. The molecule has 1 aromatic rings. The number of anilines is 1. The van der Waals surface area contributed by atoms with Crippen molar-refractivity contribution in [1.82, 2.24) is 5.32 Å². The number of benzene rings is 1. The van der Waals surface area contributed by atoms with Crippen molar-refractivity contribution in [2.24, 2.45) is 5.92 Å². The van der Waals surface area contributed by atoms with E-state index in [0.29, 0.717) is 12.0 Å². The van der Waals surface area contributed by atoms with Crippen LogP contribution in [-0.4, -0.2) is 26.2 Å². The van der Waals surface area contributed by atoms with Gasteiger partial charge in [0.25, 0.3) is 0 Å². The van der Waals surface area contributed by atoms with Crippen molar-refractivity contribution in [2.45, 2.75) is 32.2 Å². The van der Waals surface area contributed by atoms with Crippen molar-refractivity contribution >= 4 is 5.69 Å². The van der Waals surface area contributed by atoms with E-state index in [4.69, 9.17) is 0 Å². The van der Waals surface area contributed by atoms with Crippen LogP contribution in [-0.2, 0) is 0 Å². The largest absolute Gasteiger partial charge is 0.374 e. The molecule has 2 rings (SSSR count). The van der Waals surface area contributed by atoms with Crippen LogP contribution in [0.4, 0.5) is 10.1 Å². The smallest absolute Gasteiger partial charge is 0.123 e. The summed E-state index contributed by atoms with van der Waals surface area (Å²) >= 11 is 0. The zero-order valence-electron chi connectivity index (χ0n) is 11.3. The molecule has 0 spiro atoms. The number of rotatable bonds is 5. The highest BCUT2D eigenvalue weighted by Crippen LogP contribution is 2.27. The third kappa shape index (κ3) is 3.22. The molecule has 0 bridgehead atoms. The molecule has 1 aliphatic carbocycles. The van der Waals surface area contributed by atoms with E-state index in [1.54, 1.807) is 0 Å². The molecule has 0 radical (unpaired) electrons. The molecule has 3 heteroatoms. The van der Waals surface area contributed by atoms with Gasteiger partial charge >= 0.3 is 0 Å². The highest BCUT2D eigenvalue weighted by molar-refractivity contribution is 5.45. The molecule has 0 saturated heterocycles. The predicted octanol–water partition coefficient (Wildman–Crippen LogP) is 3.04. The molecule has 100 valence electrons. The summed E-state index contributed by atoms with van der Waals surface area (Å²) in [7, 11) is 2.09. The lowest BCUT2D eigenvalue weighted by atomic mass is 10.0. The van der Waals surface area contributed by atoms with Gasteiger partial charge in [-0.1, -0.05) is 13.3 Å². The summed E-state index contributed by atoms with van der Waals surface area (Å²) in [5.41, 5.74) is 1.10. The van der Waals surface area contributed by atoms with Crippen LogP contribution in [0.1, 0.15) is 26.2 Å². The van der Waals surface area contributed by atoms with Gasteiger partial charge in [-0.05, 0) is 49.6 Å². The van der Waals surface area contributed by atoms with E-state index in [1.807, 2.05) is 12.1 Å². The van der Waals surface area contributed by atoms with Crippen molar-refractivity contribution in [3.05, 3.63) is 30.1 Å². The van der Waals surface area contributed by atoms with E-state index in [9.17, 15) is 4.39 Å². The molecule has 2 nitrogen and oxygen atoms in total. The van der Waals surface area contributed by atoms with Gasteiger partial charge in [-0.25, -0.2) is 4.39 Å². The Kier molecular flexibility index (Phi) is 4.59. The quantitative estimate of drug-likeness (QED) is 0.864. The number of hydrogen-bond donors (Lipinski definition) is 1. The van der Waals surface area contributed by atoms with Gasteiger partial charge in [0.05, 0.1) is 0 Å². The third-order valence-electron chi connectivity index (χ3n) is 3.90. The highest BCUT2D eigenvalue weighted by Gasteiger charge is 2.27. The van der Waals surface area contributed by atoms with E-state index < -0.39 is 0 Å². The zero-order valence-corrected chi connectivity index (χ0v) is 11.3. The number of halogens is 1. The number of nitrogens with zero attached hydrogens (tertiary/aromatic N) is 1. The Balaban J connectivity index is 1.94. The van der Waals surface area contributed by atoms with Crippen LogP contribution < -0.4 is 10.2 Å². The molecule has 1 fully saturated rings. The van der Waals surface area contributed by atoms with Gasteiger partial charge in [0.15, 0.2) is 0 Å². The Morgan fingerprint density at radius 3 is 2.67 bits per heavy atom. The molecule has 18 heavy (non-hydrogen) atoms. The number of hydrogen-bond acceptors (Lipinski definition) is 2. The minimum absolute atomic E-state index is 0.168. The van der Waals surface area contributed by atoms with Crippen molar-refractivity contribution in [3.63, 3.8) is 0 Å². The summed E-state index contributed by atoms with van der Waals surface area (Å²) in [5, 5.41) is 3.57. The van der Waals surface area contributed by atoms with Gasteiger partial charge in [0.1, 0.15) is 5.82 Å². The van der Waals surface area contributed by atoms with Crippen molar-refractivity contribution in [2.75, 3.05) is 25.0 Å². The molecule has 0 aliphatic heterocycles. The van der Waals surface area contributed by atoms with Crippen molar-refractivity contribution < 1.29 is 4.39 Å². The van der Waals surface area contributed by atoms with Crippen LogP contribution >= 0.6 is 0 Å². The lowest BCUT2D eigenvalue weighted by molar-refractivity contribution is 0.411. The summed E-state index contributed by atoms with van der Waals surface area (Å²) in [4.78, 5) is 2.24. The van der Waals surface area contributed by atoms with Crippen LogP contribution in [0.3, 0.4) is 0 Å². The maximum absolute atomic E-state index is 12.9. The van der Waals surface area contributed by atoms with Gasteiger partial charge in [-0.2, -0.15) is 0 Å². The fraction of sp³-hybridized carbons (Fsp3) is 0.600. The fourth-order valence-corrected chi connectivity index (χ4v) is 2.94. The molecule has 0 aromatic heterocycles.